The van der Waals surface area contributed by atoms with E-state index in [9.17, 15) is 4.79 Å². The van der Waals surface area contributed by atoms with Gasteiger partial charge in [0.15, 0.2) is 0 Å². The van der Waals surface area contributed by atoms with E-state index < -0.39 is 5.41 Å². The van der Waals surface area contributed by atoms with E-state index in [1.165, 1.54) is 0 Å². The molecule has 0 spiro atoms. The van der Waals surface area contributed by atoms with Crippen LogP contribution in [0.2, 0.25) is 0 Å². The van der Waals surface area contributed by atoms with Gasteiger partial charge in [0.25, 0.3) is 0 Å². The second kappa shape index (κ2) is 5.65. The monoisotopic (exact) mass is 327 g/mol. The number of hydrogen-bond acceptors (Lipinski definition) is 3. The summed E-state index contributed by atoms with van der Waals surface area (Å²) in [6.07, 6.45) is 2.56. The Labute approximate surface area is 143 Å². The molecule has 1 N–H and O–H groups in total. The molecule has 0 aliphatic heterocycles. The lowest BCUT2D eigenvalue weighted by atomic mass is 9.87. The first-order valence-corrected chi connectivity index (χ1v) is 8.34. The van der Waals surface area contributed by atoms with Gasteiger partial charge in [-0.05, 0) is 43.4 Å². The van der Waals surface area contributed by atoms with E-state index >= 15 is 0 Å². The summed E-state index contributed by atoms with van der Waals surface area (Å²) in [5, 5.41) is 7.40. The van der Waals surface area contributed by atoms with Crippen molar-refractivity contribution in [2.75, 3.05) is 12.4 Å². The predicted molar refractivity (Wildman–Crippen MR) is 94.3 cm³/mol. The van der Waals surface area contributed by atoms with Gasteiger partial charge in [-0.1, -0.05) is 26.0 Å². The van der Waals surface area contributed by atoms with Crippen LogP contribution in [0.5, 0.6) is 5.75 Å². The van der Waals surface area contributed by atoms with Gasteiger partial charge in [0.05, 0.1) is 30.1 Å². The van der Waals surface area contributed by atoms with Gasteiger partial charge in [-0.3, -0.25) is 9.48 Å². The number of aryl methyl sites for hydroxylation is 1. The number of nitrogens with one attached hydrogen (secondary N) is 1. The zero-order chi connectivity index (χ0) is 17.5. The molecular weight excluding hydrogens is 302 g/mol. The Balaban J connectivity index is 1.90. The lowest BCUT2D eigenvalue weighted by Crippen LogP contribution is -2.32. The summed E-state index contributed by atoms with van der Waals surface area (Å²) in [5.74, 6) is 0.837. The summed E-state index contributed by atoms with van der Waals surface area (Å²) in [6.45, 7) is 9.08. The van der Waals surface area contributed by atoms with Crippen LogP contribution in [0.25, 0.3) is 0 Å². The normalized spacial score (nSPS) is 21.4. The van der Waals surface area contributed by atoms with E-state index in [4.69, 9.17) is 4.74 Å². The number of carbonyl (C=O) groups is 1. The second-order valence-electron chi connectivity index (χ2n) is 7.11. The number of hydrogen-bond donors (Lipinski definition) is 1. The van der Waals surface area contributed by atoms with Crippen molar-refractivity contribution in [3.8, 4) is 5.75 Å². The summed E-state index contributed by atoms with van der Waals surface area (Å²) in [4.78, 5) is 13.1. The molecule has 128 valence electrons. The third-order valence-electron chi connectivity index (χ3n) is 5.36. The Morgan fingerprint density at radius 2 is 1.96 bits per heavy atom. The van der Waals surface area contributed by atoms with E-state index in [0.717, 1.165) is 35.7 Å². The zero-order valence-corrected chi connectivity index (χ0v) is 15.0. The number of benzene rings is 1. The van der Waals surface area contributed by atoms with Gasteiger partial charge >= 0.3 is 0 Å². The van der Waals surface area contributed by atoms with Gasteiger partial charge in [0, 0.05) is 6.54 Å². The summed E-state index contributed by atoms with van der Waals surface area (Å²) >= 11 is 0. The maximum atomic E-state index is 13.1. The molecule has 5 heteroatoms. The van der Waals surface area contributed by atoms with Crippen molar-refractivity contribution in [1.29, 1.82) is 0 Å². The summed E-state index contributed by atoms with van der Waals surface area (Å²) in [7, 11) is 1.65. The zero-order valence-electron chi connectivity index (χ0n) is 15.0. The van der Waals surface area contributed by atoms with Crippen molar-refractivity contribution in [2.24, 2.45) is 5.41 Å². The summed E-state index contributed by atoms with van der Waals surface area (Å²) in [5.41, 5.74) is 2.23. The minimum absolute atomic E-state index is 0.0384. The van der Waals surface area contributed by atoms with Crippen LogP contribution in [0.4, 0.5) is 5.69 Å². The number of methoxy groups -OCH3 is 1. The first kappa shape index (κ1) is 16.6. The molecule has 2 aromatic rings. The summed E-state index contributed by atoms with van der Waals surface area (Å²) in [6, 6.07) is 7.82. The van der Waals surface area contributed by atoms with Crippen LogP contribution in [0.3, 0.4) is 0 Å². The van der Waals surface area contributed by atoms with Crippen LogP contribution >= 0.6 is 0 Å². The molecule has 1 aliphatic rings. The second-order valence-corrected chi connectivity index (χ2v) is 7.11. The Hall–Kier alpha value is -2.30. The highest BCUT2D eigenvalue weighted by Gasteiger charge is 2.67. The maximum Gasteiger partial charge on any atom is 0.235 e. The first-order valence-electron chi connectivity index (χ1n) is 8.34. The number of anilines is 1. The molecule has 3 rings (SSSR count). The van der Waals surface area contributed by atoms with Crippen LogP contribution in [0.15, 0.2) is 30.5 Å². The van der Waals surface area contributed by atoms with Crippen LogP contribution < -0.4 is 10.1 Å². The van der Waals surface area contributed by atoms with Crippen molar-refractivity contribution in [3.05, 3.63) is 41.7 Å². The molecule has 1 atom stereocenters. The first-order chi connectivity index (χ1) is 11.4. The quantitative estimate of drug-likeness (QED) is 0.914. The van der Waals surface area contributed by atoms with Crippen molar-refractivity contribution < 1.29 is 9.53 Å². The van der Waals surface area contributed by atoms with Gasteiger partial charge in [-0.25, -0.2) is 0 Å². The molecule has 1 fully saturated rings. The number of rotatable bonds is 5. The minimum atomic E-state index is -0.500. The van der Waals surface area contributed by atoms with Gasteiger partial charge in [0.2, 0.25) is 5.91 Å². The molecule has 1 saturated carbocycles. The highest BCUT2D eigenvalue weighted by atomic mass is 16.5. The molecule has 1 aromatic heterocycles. The molecular formula is C19H25N3O2. The minimum Gasteiger partial charge on any atom is -0.497 e. The lowest BCUT2D eigenvalue weighted by Gasteiger charge is -2.21. The van der Waals surface area contributed by atoms with Gasteiger partial charge in [0.1, 0.15) is 5.75 Å². The molecule has 1 amide bonds. The fourth-order valence-electron chi connectivity index (χ4n) is 3.62. The molecule has 1 unspecified atom stereocenters. The van der Waals surface area contributed by atoms with E-state index in [0.29, 0.717) is 0 Å². The Morgan fingerprint density at radius 3 is 2.42 bits per heavy atom. The van der Waals surface area contributed by atoms with E-state index in [1.54, 1.807) is 13.3 Å². The van der Waals surface area contributed by atoms with Crippen LogP contribution in [0, 0.1) is 12.3 Å². The van der Waals surface area contributed by atoms with Crippen LogP contribution in [-0.4, -0.2) is 22.8 Å². The molecule has 0 radical (unpaired) electrons. The third-order valence-corrected chi connectivity index (χ3v) is 5.36. The molecule has 5 nitrogen and oxygen atoms in total. The predicted octanol–water partition coefficient (Wildman–Crippen LogP) is 3.53. The molecule has 1 aliphatic carbocycles. The lowest BCUT2D eigenvalue weighted by molar-refractivity contribution is -0.119. The van der Waals surface area contributed by atoms with Gasteiger partial charge in [-0.15, -0.1) is 0 Å². The fourth-order valence-corrected chi connectivity index (χ4v) is 3.62. The number of carbonyl (C=O) groups excluding carboxylic acids is 1. The van der Waals surface area contributed by atoms with Gasteiger partial charge in [-0.2, -0.15) is 5.10 Å². The topological polar surface area (TPSA) is 56.2 Å². The summed E-state index contributed by atoms with van der Waals surface area (Å²) < 4.78 is 7.11. The average molecular weight is 327 g/mol. The fraction of sp³-hybridized carbons (Fsp3) is 0.474. The van der Waals surface area contributed by atoms with Crippen LogP contribution in [0.1, 0.15) is 38.4 Å². The Morgan fingerprint density at radius 1 is 1.33 bits per heavy atom. The average Bonchev–Trinajstić information content (AvgIpc) is 3.01. The third kappa shape index (κ3) is 2.39. The van der Waals surface area contributed by atoms with E-state index in [1.807, 2.05) is 42.8 Å². The highest BCUT2D eigenvalue weighted by molar-refractivity contribution is 6.03. The maximum absolute atomic E-state index is 13.1. The van der Waals surface area contributed by atoms with Crippen LogP contribution in [-0.2, 0) is 16.8 Å². The standard InChI is InChI=1S/C19H25N3O2/c1-6-22-13(2)16(11-20-22)21-17(23)19(12-18(19,3)4)14-7-9-15(24-5)10-8-14/h7-11H,6,12H2,1-5H3,(H,21,23). The van der Waals surface area contributed by atoms with Crippen molar-refractivity contribution in [3.63, 3.8) is 0 Å². The Bertz CT molecular complexity index is 761. The van der Waals surface area contributed by atoms with Crippen molar-refractivity contribution >= 4 is 11.6 Å². The SMILES string of the molecule is CCn1ncc(NC(=O)C2(c3ccc(OC)cc3)CC2(C)C)c1C. The molecule has 0 bridgehead atoms. The van der Waals surface area contributed by atoms with Crippen molar-refractivity contribution in [1.82, 2.24) is 9.78 Å². The van der Waals surface area contributed by atoms with E-state index in [-0.39, 0.29) is 11.3 Å². The number of nitrogens with zero attached hydrogens (tertiary/aromatic N) is 2. The largest absolute Gasteiger partial charge is 0.497 e. The van der Waals surface area contributed by atoms with Crippen molar-refractivity contribution in [2.45, 2.75) is 46.1 Å². The molecule has 1 aromatic carbocycles. The molecule has 0 saturated heterocycles. The molecule has 1 heterocycles. The smallest absolute Gasteiger partial charge is 0.235 e. The number of aromatic nitrogens is 2. The number of ether oxygens (including phenoxy) is 1. The van der Waals surface area contributed by atoms with Gasteiger partial charge < -0.3 is 10.1 Å². The Kier molecular flexibility index (Phi) is 3.90. The molecule has 24 heavy (non-hydrogen) atoms. The van der Waals surface area contributed by atoms with E-state index in [2.05, 4.69) is 24.3 Å². The number of amides is 1. The highest BCUT2D eigenvalue weighted by Crippen LogP contribution is 2.64.